The van der Waals surface area contributed by atoms with Gasteiger partial charge in [0.05, 0.1) is 16.8 Å². The lowest BCUT2D eigenvalue weighted by Gasteiger charge is -2.32. The van der Waals surface area contributed by atoms with Gasteiger partial charge in [-0.25, -0.2) is 9.18 Å². The number of rotatable bonds is 2. The van der Waals surface area contributed by atoms with Gasteiger partial charge in [0.2, 0.25) is 0 Å². The summed E-state index contributed by atoms with van der Waals surface area (Å²) in [6.45, 7) is 12.7. The number of halogens is 1. The number of fused-ring (bicyclic) bond motifs is 1. The van der Waals surface area contributed by atoms with Crippen LogP contribution in [-0.4, -0.2) is 30.0 Å². The molecule has 0 unspecified atom stereocenters. The van der Waals surface area contributed by atoms with Gasteiger partial charge in [-0.15, -0.1) is 11.3 Å². The van der Waals surface area contributed by atoms with Crippen molar-refractivity contribution in [3.05, 3.63) is 23.5 Å². The predicted molar refractivity (Wildman–Crippen MR) is 112 cm³/mol. The average molecular weight is 418 g/mol. The summed E-state index contributed by atoms with van der Waals surface area (Å²) >= 11 is 1.17. The van der Waals surface area contributed by atoms with Crippen LogP contribution in [-0.2, 0) is 14.0 Å². The van der Waals surface area contributed by atoms with Gasteiger partial charge in [-0.1, -0.05) is 0 Å². The highest BCUT2D eigenvalue weighted by molar-refractivity contribution is 7.23. The second-order valence-electron chi connectivity index (χ2n) is 8.97. The van der Waals surface area contributed by atoms with Crippen LogP contribution < -0.4 is 10.8 Å². The molecule has 0 aliphatic carbocycles. The summed E-state index contributed by atoms with van der Waals surface area (Å²) in [4.78, 5) is 12.2. The number of hydrogen-bond donors (Lipinski definition) is 1. The number of hydrogen-bond acceptors (Lipinski definition) is 6. The van der Waals surface area contributed by atoms with Crippen LogP contribution in [0.25, 0.3) is 10.1 Å². The molecule has 6 nitrogen and oxygen atoms in total. The summed E-state index contributed by atoms with van der Waals surface area (Å²) in [5.41, 5.74) is -1.70. The third-order valence-electron chi connectivity index (χ3n) is 5.06. The van der Waals surface area contributed by atoms with Crippen molar-refractivity contribution in [1.82, 2.24) is 0 Å². The fraction of sp³-hybridized carbons (Fsp3) is 0.500. The molecule has 29 heavy (non-hydrogen) atoms. The van der Waals surface area contributed by atoms with E-state index in [0.717, 1.165) is 0 Å². The van der Waals surface area contributed by atoms with Gasteiger partial charge in [0.15, 0.2) is 0 Å². The lowest BCUT2D eigenvalue weighted by molar-refractivity contribution is 0.00578. The highest BCUT2D eigenvalue weighted by Crippen LogP contribution is 2.40. The van der Waals surface area contributed by atoms with Crippen LogP contribution >= 0.6 is 11.3 Å². The first kappa shape index (κ1) is 21.6. The maximum absolute atomic E-state index is 14.9. The molecule has 2 heterocycles. The molecule has 0 bridgehead atoms. The molecular weight excluding hydrogens is 394 g/mol. The van der Waals surface area contributed by atoms with Crippen molar-refractivity contribution >= 4 is 45.1 Å². The van der Waals surface area contributed by atoms with Crippen molar-refractivity contribution in [3.63, 3.8) is 0 Å². The van der Waals surface area contributed by atoms with Gasteiger partial charge in [0, 0.05) is 15.5 Å². The van der Waals surface area contributed by atoms with Crippen molar-refractivity contribution in [2.45, 2.75) is 65.3 Å². The second kappa shape index (κ2) is 6.97. The molecule has 0 saturated carbocycles. The zero-order valence-electron chi connectivity index (χ0n) is 17.6. The van der Waals surface area contributed by atoms with Crippen LogP contribution in [0.4, 0.5) is 14.2 Å². The van der Waals surface area contributed by atoms with E-state index in [1.165, 1.54) is 17.4 Å². The van der Waals surface area contributed by atoms with Crippen LogP contribution in [0.3, 0.4) is 0 Å². The van der Waals surface area contributed by atoms with Gasteiger partial charge in [0.1, 0.15) is 22.5 Å². The van der Waals surface area contributed by atoms with Crippen molar-refractivity contribution in [3.8, 4) is 6.07 Å². The predicted octanol–water partition coefficient (Wildman–Crippen LogP) is 4.56. The van der Waals surface area contributed by atoms with E-state index in [0.29, 0.717) is 15.1 Å². The van der Waals surface area contributed by atoms with Gasteiger partial charge < -0.3 is 14.0 Å². The Balaban J connectivity index is 2.09. The van der Waals surface area contributed by atoms with Crippen LogP contribution in [0.1, 0.15) is 54.0 Å². The van der Waals surface area contributed by atoms with E-state index in [1.807, 2.05) is 27.7 Å². The van der Waals surface area contributed by atoms with Gasteiger partial charge in [-0.3, -0.25) is 5.32 Å². The van der Waals surface area contributed by atoms with Crippen molar-refractivity contribution < 1.29 is 23.2 Å². The minimum Gasteiger partial charge on any atom is -0.444 e. The van der Waals surface area contributed by atoms with Crippen LogP contribution in [0.5, 0.6) is 0 Å². The fourth-order valence-corrected chi connectivity index (χ4v) is 4.03. The molecule has 1 saturated heterocycles. The summed E-state index contributed by atoms with van der Waals surface area (Å²) in [7, 11) is -0.972. The molecule has 0 radical (unpaired) electrons. The number of carbonyl (C=O) groups is 1. The molecule has 154 valence electrons. The third-order valence-corrected chi connectivity index (χ3v) is 6.13. The Morgan fingerprint density at radius 1 is 1.24 bits per heavy atom. The lowest BCUT2D eigenvalue weighted by atomic mass is 9.76. The summed E-state index contributed by atoms with van der Waals surface area (Å²) in [6.07, 6.45) is -0.682. The van der Waals surface area contributed by atoms with E-state index in [2.05, 4.69) is 11.4 Å². The van der Waals surface area contributed by atoms with Crippen LogP contribution in [0, 0.1) is 17.1 Å². The first-order chi connectivity index (χ1) is 13.3. The first-order valence-corrected chi connectivity index (χ1v) is 10.1. The van der Waals surface area contributed by atoms with Gasteiger partial charge in [-0.05, 0) is 60.6 Å². The Hall–Kier alpha value is -2.15. The summed E-state index contributed by atoms with van der Waals surface area (Å²) in [5.74, 6) is -0.533. The van der Waals surface area contributed by atoms with Crippen molar-refractivity contribution in [2.24, 2.45) is 0 Å². The smallest absolute Gasteiger partial charge is 0.444 e. The lowest BCUT2D eigenvalue weighted by Crippen LogP contribution is -2.41. The second-order valence-corrected chi connectivity index (χ2v) is 10.0. The molecule has 1 aliphatic heterocycles. The number of amides is 1. The molecule has 0 atom stereocenters. The minimum atomic E-state index is -0.972. The van der Waals surface area contributed by atoms with E-state index < -0.39 is 35.8 Å². The number of anilines is 1. The number of thiophene rings is 1. The van der Waals surface area contributed by atoms with Gasteiger partial charge in [-0.2, -0.15) is 5.26 Å². The number of nitrogens with one attached hydrogen (secondary N) is 1. The van der Waals surface area contributed by atoms with Gasteiger partial charge >= 0.3 is 13.2 Å². The van der Waals surface area contributed by atoms with E-state index in [1.54, 1.807) is 26.8 Å². The molecule has 3 rings (SSSR count). The standard InChI is InChI=1S/C20H24BFN2O4S/c1-18(2,3)26-17(25)24-16-11(10-23)14-13(29-16)9-8-12(22)15(14)21-27-19(4,5)20(6,7)28-21/h8-9H,1-7H3,(H,24,25). The van der Waals surface area contributed by atoms with E-state index in [-0.39, 0.29) is 11.0 Å². The minimum absolute atomic E-state index is 0.153. The highest BCUT2D eigenvalue weighted by atomic mass is 32.1. The maximum Gasteiger partial charge on any atom is 0.498 e. The summed E-state index contributed by atoms with van der Waals surface area (Å²) < 4.78 is 32.8. The van der Waals surface area contributed by atoms with Crippen LogP contribution in [0.15, 0.2) is 12.1 Å². The van der Waals surface area contributed by atoms with E-state index in [9.17, 15) is 14.4 Å². The molecule has 1 amide bonds. The SMILES string of the molecule is CC(C)(C)OC(=O)Nc1sc2ccc(F)c(B3OC(C)(C)C(C)(C)O3)c2c1C#N. The highest BCUT2D eigenvalue weighted by Gasteiger charge is 2.53. The molecule has 1 fully saturated rings. The Morgan fingerprint density at radius 3 is 2.34 bits per heavy atom. The van der Waals surface area contributed by atoms with Crippen molar-refractivity contribution in [2.75, 3.05) is 5.32 Å². The Labute approximate surface area is 174 Å². The van der Waals surface area contributed by atoms with Gasteiger partial charge in [0.25, 0.3) is 0 Å². The maximum atomic E-state index is 14.9. The Morgan fingerprint density at radius 2 is 1.83 bits per heavy atom. The summed E-state index contributed by atoms with van der Waals surface area (Å²) in [5, 5.41) is 13.1. The fourth-order valence-electron chi connectivity index (χ4n) is 2.97. The molecule has 1 aromatic heterocycles. The zero-order chi connectivity index (χ0) is 21.8. The topological polar surface area (TPSA) is 80.6 Å². The largest absolute Gasteiger partial charge is 0.498 e. The van der Waals surface area contributed by atoms with Crippen LogP contribution in [0.2, 0.25) is 0 Å². The number of nitriles is 1. The van der Waals surface area contributed by atoms with E-state index in [4.69, 9.17) is 14.0 Å². The first-order valence-electron chi connectivity index (χ1n) is 9.26. The number of benzene rings is 1. The average Bonchev–Trinajstić information content (AvgIpc) is 2.98. The molecule has 9 heteroatoms. The molecule has 1 aromatic carbocycles. The number of ether oxygens (including phenoxy) is 1. The molecule has 1 N–H and O–H groups in total. The Bertz CT molecular complexity index is 1000. The molecule has 1 aliphatic rings. The normalized spacial score (nSPS) is 18.0. The number of carbonyl (C=O) groups excluding carboxylic acids is 1. The molecular formula is C20H24BFN2O4S. The summed E-state index contributed by atoms with van der Waals surface area (Å²) in [6, 6.07) is 4.97. The third kappa shape index (κ3) is 3.97. The molecule has 0 spiro atoms. The zero-order valence-corrected chi connectivity index (χ0v) is 18.4. The van der Waals surface area contributed by atoms with Crippen molar-refractivity contribution in [1.29, 1.82) is 5.26 Å². The Kier molecular flexibility index (Phi) is 5.19. The monoisotopic (exact) mass is 418 g/mol. The quantitative estimate of drug-likeness (QED) is 0.724. The molecule has 2 aromatic rings. The van der Waals surface area contributed by atoms with E-state index >= 15 is 0 Å². The number of nitrogens with zero attached hydrogens (tertiary/aromatic N) is 1.